The molecular formula is C28H32N2O8S2. The molecule has 10 nitrogen and oxygen atoms in total. The van der Waals surface area contributed by atoms with Gasteiger partial charge in [-0.3, -0.25) is 9.52 Å². The highest BCUT2D eigenvalue weighted by atomic mass is 32.2. The Morgan fingerprint density at radius 3 is 2.52 bits per heavy atom. The molecule has 0 bridgehead atoms. The van der Waals surface area contributed by atoms with Crippen molar-refractivity contribution in [1.82, 2.24) is 9.71 Å². The first kappa shape index (κ1) is 29.3. The Bertz CT molecular complexity index is 1500. The van der Waals surface area contributed by atoms with Crippen LogP contribution >= 0.6 is 0 Å². The summed E-state index contributed by atoms with van der Waals surface area (Å²) in [6, 6.07) is 10.2. The Balaban J connectivity index is 1.28. The fourth-order valence-corrected chi connectivity index (χ4v) is 6.30. The summed E-state index contributed by atoms with van der Waals surface area (Å²) in [5, 5.41) is -0.888. The van der Waals surface area contributed by atoms with Gasteiger partial charge in [-0.25, -0.2) is 21.8 Å². The highest BCUT2D eigenvalue weighted by molar-refractivity contribution is 7.91. The second kappa shape index (κ2) is 12.7. The van der Waals surface area contributed by atoms with Gasteiger partial charge in [-0.2, -0.15) is 0 Å². The minimum atomic E-state index is -3.69. The Labute approximate surface area is 234 Å². The summed E-state index contributed by atoms with van der Waals surface area (Å²) in [7, 11) is -6.72. The molecule has 12 heteroatoms. The highest BCUT2D eigenvalue weighted by Crippen LogP contribution is 2.32. The van der Waals surface area contributed by atoms with E-state index in [-0.39, 0.29) is 24.9 Å². The summed E-state index contributed by atoms with van der Waals surface area (Å²) in [5.74, 6) is 1.66. The molecule has 2 atom stereocenters. The zero-order valence-corrected chi connectivity index (χ0v) is 23.7. The molecule has 2 heterocycles. The van der Waals surface area contributed by atoms with Crippen molar-refractivity contribution in [2.75, 3.05) is 18.6 Å². The van der Waals surface area contributed by atoms with Crippen LogP contribution in [0, 0.1) is 0 Å². The van der Waals surface area contributed by atoms with E-state index in [1.165, 1.54) is 12.5 Å². The van der Waals surface area contributed by atoms with Gasteiger partial charge in [-0.15, -0.1) is 0 Å². The maximum absolute atomic E-state index is 12.1. The van der Waals surface area contributed by atoms with E-state index in [2.05, 4.69) is 11.6 Å². The first-order chi connectivity index (χ1) is 19.0. The van der Waals surface area contributed by atoms with Crippen LogP contribution in [0.5, 0.6) is 17.4 Å². The Kier molecular flexibility index (Phi) is 9.31. The summed E-state index contributed by atoms with van der Waals surface area (Å²) in [6.45, 7) is 4.42. The minimum absolute atomic E-state index is 0.0596. The average Bonchev–Trinajstić information content (AvgIpc) is 3.21. The molecule has 1 aromatic heterocycles. The second-order valence-corrected chi connectivity index (χ2v) is 13.8. The van der Waals surface area contributed by atoms with Gasteiger partial charge in [-0.05, 0) is 54.7 Å². The molecular weight excluding hydrogens is 556 g/mol. The van der Waals surface area contributed by atoms with Gasteiger partial charge in [0.15, 0.2) is 0 Å². The molecule has 2 aromatic rings. The number of pyridine rings is 1. The molecule has 4 rings (SSSR count). The van der Waals surface area contributed by atoms with Crippen molar-refractivity contribution in [1.29, 1.82) is 0 Å². The number of carbonyl (C=O) groups is 1. The summed E-state index contributed by atoms with van der Waals surface area (Å²) >= 11 is 0. The van der Waals surface area contributed by atoms with Crippen LogP contribution in [0.25, 0.3) is 0 Å². The predicted octanol–water partition coefficient (Wildman–Crippen LogP) is 3.79. The number of hydrogen-bond acceptors (Lipinski definition) is 9. The highest BCUT2D eigenvalue weighted by Gasteiger charge is 2.37. The van der Waals surface area contributed by atoms with Crippen molar-refractivity contribution in [2.45, 2.75) is 43.5 Å². The lowest BCUT2D eigenvalue weighted by atomic mass is 10.1. The summed E-state index contributed by atoms with van der Waals surface area (Å²) in [5.41, 5.74) is 1.33. The lowest BCUT2D eigenvalue weighted by Crippen LogP contribution is -2.21. The molecule has 1 aromatic carbocycles. The zero-order valence-electron chi connectivity index (χ0n) is 22.1. The van der Waals surface area contributed by atoms with Crippen molar-refractivity contribution in [2.24, 2.45) is 0 Å². The molecule has 1 amide bonds. The van der Waals surface area contributed by atoms with Gasteiger partial charge >= 0.3 is 0 Å². The largest absolute Gasteiger partial charge is 0.490 e. The molecule has 1 saturated heterocycles. The number of sulfonamides is 1. The number of aromatic nitrogens is 1. The quantitative estimate of drug-likeness (QED) is 0.411. The second-order valence-electron chi connectivity index (χ2n) is 9.68. The van der Waals surface area contributed by atoms with E-state index < -0.39 is 31.0 Å². The molecule has 2 aliphatic rings. The number of ether oxygens (including phenoxy) is 3. The van der Waals surface area contributed by atoms with Gasteiger partial charge in [-0.1, -0.05) is 30.9 Å². The van der Waals surface area contributed by atoms with Crippen LogP contribution in [0.2, 0.25) is 0 Å². The fraction of sp³-hybridized carbons (Fsp3) is 0.357. The van der Waals surface area contributed by atoms with Crippen LogP contribution in [0.4, 0.5) is 0 Å². The van der Waals surface area contributed by atoms with Gasteiger partial charge < -0.3 is 14.2 Å². The van der Waals surface area contributed by atoms with Crippen molar-refractivity contribution in [3.05, 3.63) is 84.3 Å². The maximum Gasteiger partial charge on any atom is 0.242 e. The summed E-state index contributed by atoms with van der Waals surface area (Å²) in [4.78, 5) is 15.8. The third-order valence-corrected chi connectivity index (χ3v) is 9.03. The molecule has 0 saturated carbocycles. The zero-order chi connectivity index (χ0) is 28.8. The van der Waals surface area contributed by atoms with Crippen LogP contribution in [-0.4, -0.2) is 52.4 Å². The number of rotatable bonds is 10. The molecule has 40 heavy (non-hydrogen) atoms. The average molecular weight is 589 g/mol. The van der Waals surface area contributed by atoms with E-state index in [0.29, 0.717) is 54.4 Å². The van der Waals surface area contributed by atoms with Crippen LogP contribution in [-0.2, 0) is 24.7 Å². The smallest absolute Gasteiger partial charge is 0.242 e. The Morgan fingerprint density at radius 2 is 1.88 bits per heavy atom. The SMILES string of the molecule is C=C1CC[C@@H](Oc2ccc(C3CC(=O)NS3(=O)=O)cc2)C/C=C\C=C/1Oc1ccc(OCCCS(C)(=O)=O)nc1. The molecule has 1 aliphatic heterocycles. The number of nitrogens with zero attached hydrogens (tertiary/aromatic N) is 1. The molecule has 1 N–H and O–H groups in total. The number of hydrogen-bond donors (Lipinski definition) is 1. The number of amides is 1. The van der Waals surface area contributed by atoms with Gasteiger partial charge in [0.05, 0.1) is 25.0 Å². The Hall–Kier alpha value is -3.64. The number of allylic oxidation sites excluding steroid dienone is 3. The topological polar surface area (TPSA) is 138 Å². The first-order valence-electron chi connectivity index (χ1n) is 12.8. The minimum Gasteiger partial charge on any atom is -0.490 e. The van der Waals surface area contributed by atoms with E-state index in [1.807, 2.05) is 23.0 Å². The number of sulfone groups is 1. The van der Waals surface area contributed by atoms with Gasteiger partial charge in [0.25, 0.3) is 0 Å². The summed E-state index contributed by atoms with van der Waals surface area (Å²) in [6.07, 6.45) is 10.6. The van der Waals surface area contributed by atoms with E-state index in [1.54, 1.807) is 36.4 Å². The standard InChI is InChI=1S/C28H32N2O8S2/c1-20-8-11-22(37-23-12-9-21(10-13-23)26-18-27(31)30-40(26,34)35)6-3-4-7-25(20)38-24-14-15-28(29-19-24)36-16-5-17-39(2,32)33/h3-4,7,9-10,12-15,19,22,26H,1,5-6,8,11,16-18H2,2H3,(H,30,31)/b4-3-,25-7+/t22-,26?/m0/s1. The van der Waals surface area contributed by atoms with Crippen LogP contribution in [0.15, 0.2) is 78.7 Å². The van der Waals surface area contributed by atoms with Crippen molar-refractivity contribution >= 4 is 25.8 Å². The Morgan fingerprint density at radius 1 is 1.12 bits per heavy atom. The van der Waals surface area contributed by atoms with Gasteiger partial charge in [0, 0.05) is 18.7 Å². The summed E-state index contributed by atoms with van der Waals surface area (Å²) < 4.78 is 66.4. The third kappa shape index (κ3) is 8.43. The van der Waals surface area contributed by atoms with Crippen LogP contribution < -0.4 is 18.9 Å². The number of nitrogens with one attached hydrogen (secondary N) is 1. The van der Waals surface area contributed by atoms with Crippen LogP contribution in [0.1, 0.15) is 42.9 Å². The molecule has 0 radical (unpaired) electrons. The predicted molar refractivity (Wildman–Crippen MR) is 150 cm³/mol. The van der Waals surface area contributed by atoms with Crippen LogP contribution in [0.3, 0.4) is 0 Å². The molecule has 1 unspecified atom stereocenters. The van der Waals surface area contributed by atoms with Crippen molar-refractivity contribution < 1.29 is 35.8 Å². The van der Waals surface area contributed by atoms with Gasteiger partial charge in [0.2, 0.25) is 21.8 Å². The van der Waals surface area contributed by atoms with Gasteiger partial charge in [0.1, 0.15) is 38.4 Å². The lowest BCUT2D eigenvalue weighted by Gasteiger charge is -2.19. The number of benzene rings is 1. The van der Waals surface area contributed by atoms with Crippen molar-refractivity contribution in [3.8, 4) is 17.4 Å². The molecule has 214 valence electrons. The fourth-order valence-electron chi connectivity index (χ4n) is 4.23. The normalized spacial score (nSPS) is 23.1. The van der Waals surface area contributed by atoms with E-state index >= 15 is 0 Å². The van der Waals surface area contributed by atoms with E-state index in [9.17, 15) is 21.6 Å². The monoisotopic (exact) mass is 588 g/mol. The molecule has 0 spiro atoms. The molecule has 1 aliphatic carbocycles. The third-order valence-electron chi connectivity index (χ3n) is 6.30. The van der Waals surface area contributed by atoms with E-state index in [4.69, 9.17) is 14.2 Å². The lowest BCUT2D eigenvalue weighted by molar-refractivity contribution is -0.118. The van der Waals surface area contributed by atoms with E-state index in [0.717, 1.165) is 5.57 Å². The maximum atomic E-state index is 12.1. The van der Waals surface area contributed by atoms with Crippen molar-refractivity contribution in [3.63, 3.8) is 0 Å². The first-order valence-corrected chi connectivity index (χ1v) is 16.4. The molecule has 1 fully saturated rings. The number of carbonyl (C=O) groups excluding carboxylic acids is 1.